The Labute approximate surface area is 100 Å². The normalized spacial score (nSPS) is 17.9. The number of carbonyl (C=O) groups excluding carboxylic acids is 1. The molecule has 0 radical (unpaired) electrons. The summed E-state index contributed by atoms with van der Waals surface area (Å²) in [7, 11) is 1.30. The molecule has 0 N–H and O–H groups in total. The quantitative estimate of drug-likeness (QED) is 0.576. The molecule has 1 amide bonds. The number of amides is 1. The van der Waals surface area contributed by atoms with Crippen LogP contribution in [0.25, 0.3) is 0 Å². The highest BCUT2D eigenvalue weighted by molar-refractivity contribution is 14.2. The van der Waals surface area contributed by atoms with Crippen LogP contribution in [-0.2, 0) is 8.92 Å². The average Bonchev–Trinajstić information content (AvgIpc) is 1.91. The first kappa shape index (κ1) is 12.4. The third-order valence-corrected chi connectivity index (χ3v) is 2.64. The predicted molar refractivity (Wildman–Crippen MR) is 64.3 cm³/mol. The highest BCUT2D eigenvalue weighted by Gasteiger charge is 2.34. The van der Waals surface area contributed by atoms with E-state index in [-0.39, 0.29) is 12.2 Å². The number of ether oxygens (including phenoxy) is 1. The van der Waals surface area contributed by atoms with Crippen molar-refractivity contribution < 1.29 is 13.7 Å². The topological polar surface area (TPSA) is 38.8 Å². The van der Waals surface area contributed by atoms with Gasteiger partial charge in [0.2, 0.25) is 0 Å². The molecule has 0 aromatic rings. The van der Waals surface area contributed by atoms with Gasteiger partial charge in [-0.05, 0) is 20.8 Å². The summed E-state index contributed by atoms with van der Waals surface area (Å²) in [6, 6.07) is 0. The van der Waals surface area contributed by atoms with E-state index in [2.05, 4.69) is 21.2 Å². The molecule has 0 aromatic heterocycles. The van der Waals surface area contributed by atoms with Gasteiger partial charge in [0.25, 0.3) is 0 Å². The highest BCUT2D eigenvalue weighted by atomic mass is 127. The monoisotopic (exact) mass is 331 g/mol. The molecular weight excluding hydrogens is 317 g/mol. The summed E-state index contributed by atoms with van der Waals surface area (Å²) >= 11 is 2.07. The zero-order valence-electron chi connectivity index (χ0n) is 8.45. The molecule has 82 valence electrons. The van der Waals surface area contributed by atoms with Gasteiger partial charge in [0.15, 0.2) is 0 Å². The Morgan fingerprint density at radius 3 is 2.50 bits per heavy atom. The van der Waals surface area contributed by atoms with E-state index >= 15 is 0 Å². The minimum Gasteiger partial charge on any atom is -0.444 e. The molecule has 1 rings (SSSR count). The Kier molecular flexibility index (Phi) is 4.32. The Morgan fingerprint density at radius 1 is 1.50 bits per heavy atom. The molecule has 0 atom stereocenters. The largest absolute Gasteiger partial charge is 0.444 e. The fraction of sp³-hybridized carbons (Fsp3) is 0.875. The number of nitrogens with zero attached hydrogens (tertiary/aromatic N) is 1. The second-order valence-electron chi connectivity index (χ2n) is 4.17. The molecule has 1 aliphatic heterocycles. The van der Waals surface area contributed by atoms with Crippen LogP contribution in [0, 0.1) is 0 Å². The predicted octanol–water partition coefficient (Wildman–Crippen LogP) is 2.62. The summed E-state index contributed by atoms with van der Waals surface area (Å²) in [6.45, 7) is 6.84. The number of hydrogen-bond donors (Lipinski definition) is 0. The van der Waals surface area contributed by atoms with Gasteiger partial charge in [-0.1, -0.05) is 0 Å². The average molecular weight is 331 g/mol. The summed E-state index contributed by atoms with van der Waals surface area (Å²) < 4.78 is 10.4. The lowest BCUT2D eigenvalue weighted by atomic mass is 10.2. The Bertz CT molecular complexity index is 213. The zero-order valence-corrected chi connectivity index (χ0v) is 11.4. The van der Waals surface area contributed by atoms with Gasteiger partial charge in [-0.25, -0.2) is 4.79 Å². The number of carbonyl (C=O) groups is 1. The SMILES string of the molecule is CC(C)(C)OC(=O)N1CC(OSI)C1. The van der Waals surface area contributed by atoms with Crippen LogP contribution in [0.2, 0.25) is 0 Å². The fourth-order valence-corrected chi connectivity index (χ4v) is 2.13. The maximum absolute atomic E-state index is 11.4. The van der Waals surface area contributed by atoms with Crippen molar-refractivity contribution in [2.24, 2.45) is 0 Å². The van der Waals surface area contributed by atoms with Crippen LogP contribution in [0.1, 0.15) is 20.8 Å². The van der Waals surface area contributed by atoms with E-state index < -0.39 is 5.60 Å². The molecular formula is C8H14INO3S. The molecule has 0 unspecified atom stereocenters. The lowest BCUT2D eigenvalue weighted by Gasteiger charge is -2.38. The first-order valence-electron chi connectivity index (χ1n) is 4.34. The van der Waals surface area contributed by atoms with E-state index in [1.807, 2.05) is 20.8 Å². The van der Waals surface area contributed by atoms with E-state index in [4.69, 9.17) is 8.92 Å². The number of rotatable bonds is 2. The van der Waals surface area contributed by atoms with E-state index in [0.717, 1.165) is 0 Å². The lowest BCUT2D eigenvalue weighted by molar-refractivity contribution is -0.0168. The van der Waals surface area contributed by atoms with E-state index in [1.54, 1.807) is 4.90 Å². The molecule has 1 aliphatic rings. The van der Waals surface area contributed by atoms with Crippen molar-refractivity contribution in [1.29, 1.82) is 0 Å². The molecule has 1 heterocycles. The Hall–Kier alpha value is 0.310. The van der Waals surface area contributed by atoms with Crippen molar-refractivity contribution in [3.8, 4) is 0 Å². The van der Waals surface area contributed by atoms with Crippen molar-refractivity contribution in [2.45, 2.75) is 32.5 Å². The van der Waals surface area contributed by atoms with Crippen LogP contribution in [0.3, 0.4) is 0 Å². The number of likely N-dealkylation sites (tertiary alicyclic amines) is 1. The number of hydrogen-bond acceptors (Lipinski definition) is 4. The second-order valence-corrected chi connectivity index (χ2v) is 5.56. The zero-order chi connectivity index (χ0) is 10.8. The van der Waals surface area contributed by atoms with Gasteiger partial charge in [-0.15, -0.1) is 0 Å². The molecule has 0 aromatic carbocycles. The highest BCUT2D eigenvalue weighted by Crippen LogP contribution is 2.23. The molecule has 0 spiro atoms. The summed E-state index contributed by atoms with van der Waals surface area (Å²) in [6.07, 6.45) is -0.0970. The molecule has 4 nitrogen and oxygen atoms in total. The second kappa shape index (κ2) is 4.89. The van der Waals surface area contributed by atoms with Crippen molar-refractivity contribution in [3.05, 3.63) is 0 Å². The first-order chi connectivity index (χ1) is 6.42. The molecule has 0 aliphatic carbocycles. The standard InChI is InChI=1S/C8H14INO3S/c1-8(2,3)12-7(11)10-4-6(5-10)13-14-9/h6H,4-5H2,1-3H3. The fourth-order valence-electron chi connectivity index (χ4n) is 1.03. The van der Waals surface area contributed by atoms with Crippen LogP contribution in [0.5, 0.6) is 0 Å². The third-order valence-electron chi connectivity index (χ3n) is 1.67. The smallest absolute Gasteiger partial charge is 0.410 e. The summed E-state index contributed by atoms with van der Waals surface area (Å²) in [5, 5.41) is 0. The van der Waals surface area contributed by atoms with Gasteiger partial charge in [-0.2, -0.15) is 0 Å². The molecule has 14 heavy (non-hydrogen) atoms. The Morgan fingerprint density at radius 2 is 2.07 bits per heavy atom. The summed E-state index contributed by atoms with van der Waals surface area (Å²) in [5.74, 6) is 0. The van der Waals surface area contributed by atoms with Crippen LogP contribution in [0.15, 0.2) is 0 Å². The van der Waals surface area contributed by atoms with Crippen LogP contribution >= 0.6 is 30.4 Å². The van der Waals surface area contributed by atoms with Gasteiger partial charge in [0.05, 0.1) is 22.3 Å². The number of halogens is 1. The molecule has 1 fully saturated rings. The Balaban J connectivity index is 2.23. The van der Waals surface area contributed by atoms with Gasteiger partial charge in [-0.3, -0.25) is 4.18 Å². The summed E-state index contributed by atoms with van der Waals surface area (Å²) in [4.78, 5) is 13.1. The molecule has 6 heteroatoms. The van der Waals surface area contributed by atoms with Gasteiger partial charge in [0, 0.05) is 21.2 Å². The van der Waals surface area contributed by atoms with Crippen molar-refractivity contribution in [3.63, 3.8) is 0 Å². The minimum atomic E-state index is -0.416. The van der Waals surface area contributed by atoms with E-state index in [0.29, 0.717) is 13.1 Å². The van der Waals surface area contributed by atoms with Crippen LogP contribution in [0.4, 0.5) is 4.79 Å². The van der Waals surface area contributed by atoms with Crippen LogP contribution < -0.4 is 0 Å². The van der Waals surface area contributed by atoms with Gasteiger partial charge in [0.1, 0.15) is 11.7 Å². The van der Waals surface area contributed by atoms with Crippen molar-refractivity contribution in [2.75, 3.05) is 13.1 Å². The van der Waals surface area contributed by atoms with E-state index in [9.17, 15) is 4.79 Å². The molecule has 1 saturated heterocycles. The molecule has 0 saturated carbocycles. The van der Waals surface area contributed by atoms with Gasteiger partial charge >= 0.3 is 6.09 Å². The van der Waals surface area contributed by atoms with Crippen molar-refractivity contribution >= 4 is 36.5 Å². The lowest BCUT2D eigenvalue weighted by Crippen LogP contribution is -2.55. The first-order valence-corrected chi connectivity index (χ1v) is 7.63. The van der Waals surface area contributed by atoms with E-state index in [1.165, 1.54) is 9.21 Å². The van der Waals surface area contributed by atoms with Crippen molar-refractivity contribution in [1.82, 2.24) is 4.90 Å². The van der Waals surface area contributed by atoms with Gasteiger partial charge < -0.3 is 9.64 Å². The third kappa shape index (κ3) is 3.82. The minimum absolute atomic E-state index is 0.157. The summed E-state index contributed by atoms with van der Waals surface area (Å²) in [5.41, 5.74) is -0.416. The maximum Gasteiger partial charge on any atom is 0.410 e. The van der Waals surface area contributed by atoms with Crippen LogP contribution in [-0.4, -0.2) is 35.8 Å². The maximum atomic E-state index is 11.4. The molecule has 0 bridgehead atoms.